The van der Waals surface area contributed by atoms with Gasteiger partial charge in [-0.1, -0.05) is 0 Å². The van der Waals surface area contributed by atoms with Crippen LogP contribution in [-0.4, -0.2) is 34.2 Å². The molecule has 2 saturated carbocycles. The maximum absolute atomic E-state index is 12.1. The van der Waals surface area contributed by atoms with Gasteiger partial charge >= 0.3 is 11.9 Å². The van der Waals surface area contributed by atoms with Gasteiger partial charge in [0.2, 0.25) is 0 Å². The van der Waals surface area contributed by atoms with Gasteiger partial charge < -0.3 is 21.3 Å². The predicted octanol–water partition coefficient (Wildman–Crippen LogP) is 4.12. The molecule has 9 heteroatoms. The largest absolute Gasteiger partial charge is 0.481 e. The summed E-state index contributed by atoms with van der Waals surface area (Å²) in [5.41, 5.74) is 7.56. The predicted molar refractivity (Wildman–Crippen MR) is 128 cm³/mol. The fraction of sp³-hybridized carbons (Fsp3) is 0.385. The average molecular weight is 481 g/mol. The highest BCUT2D eigenvalue weighted by Gasteiger charge is 2.29. The van der Waals surface area contributed by atoms with Crippen molar-refractivity contribution < 1.29 is 24.2 Å². The van der Waals surface area contributed by atoms with Gasteiger partial charge in [0, 0.05) is 17.8 Å². The number of nitriles is 2. The van der Waals surface area contributed by atoms with E-state index in [1.54, 1.807) is 12.1 Å². The van der Waals surface area contributed by atoms with Crippen LogP contribution in [0.25, 0.3) is 0 Å². The number of anilines is 1. The van der Waals surface area contributed by atoms with E-state index in [1.807, 2.05) is 18.2 Å². The van der Waals surface area contributed by atoms with Gasteiger partial charge in [-0.2, -0.15) is 10.5 Å². The highest BCUT2D eigenvalue weighted by molar-refractivity contribution is 5.71. The van der Waals surface area contributed by atoms with Crippen LogP contribution in [0.3, 0.4) is 0 Å². The van der Waals surface area contributed by atoms with E-state index in [0.717, 1.165) is 31.4 Å². The fourth-order valence-electron chi connectivity index (χ4n) is 3.98. The number of carboxylic acid groups (broad SMARTS) is 2. The van der Waals surface area contributed by atoms with Crippen LogP contribution in [0.5, 0.6) is 0 Å². The van der Waals surface area contributed by atoms with Crippen molar-refractivity contribution >= 4 is 17.6 Å². The van der Waals surface area contributed by atoms with Gasteiger partial charge in [0.15, 0.2) is 0 Å². The third-order valence-electron chi connectivity index (χ3n) is 5.96. The number of hydrogen-bond donors (Lipinski definition) is 4. The second-order valence-corrected chi connectivity index (χ2v) is 8.61. The number of aliphatic carboxylic acids is 2. The molecule has 0 radical (unpaired) electrons. The molecule has 2 aromatic rings. The third-order valence-corrected chi connectivity index (χ3v) is 5.96. The summed E-state index contributed by atoms with van der Waals surface area (Å²) < 4.78 is 12.1. The first-order valence-electron chi connectivity index (χ1n) is 11.3. The van der Waals surface area contributed by atoms with Gasteiger partial charge in [-0.05, 0) is 87.1 Å². The zero-order valence-corrected chi connectivity index (χ0v) is 19.2. The van der Waals surface area contributed by atoms with Crippen LogP contribution in [0.4, 0.5) is 10.1 Å². The summed E-state index contributed by atoms with van der Waals surface area (Å²) in [6, 6.07) is 16.9. The van der Waals surface area contributed by atoms with E-state index in [9.17, 15) is 14.0 Å². The molecule has 5 N–H and O–H groups in total. The van der Waals surface area contributed by atoms with Crippen molar-refractivity contribution in [3.8, 4) is 12.1 Å². The molecule has 2 aromatic carbocycles. The quantitative estimate of drug-likeness (QED) is 0.508. The zero-order valence-electron chi connectivity index (χ0n) is 19.2. The third kappa shape index (κ3) is 9.44. The molecule has 4 atom stereocenters. The maximum atomic E-state index is 12.1. The Bertz CT molecular complexity index is 1060. The molecule has 0 amide bonds. The second-order valence-electron chi connectivity index (χ2n) is 8.61. The normalized spacial score (nSPS) is 22.3. The van der Waals surface area contributed by atoms with E-state index in [0.29, 0.717) is 24.0 Å². The summed E-state index contributed by atoms with van der Waals surface area (Å²) in [5.74, 6) is -2.09. The van der Waals surface area contributed by atoms with Gasteiger partial charge in [-0.3, -0.25) is 9.59 Å². The maximum Gasteiger partial charge on any atom is 0.306 e. The molecule has 2 aliphatic carbocycles. The Morgan fingerprint density at radius 3 is 1.71 bits per heavy atom. The molecule has 0 aromatic heterocycles. The van der Waals surface area contributed by atoms with Crippen molar-refractivity contribution in [1.29, 1.82) is 10.5 Å². The number of rotatable bonds is 4. The van der Waals surface area contributed by atoms with E-state index < -0.39 is 11.9 Å². The molecular weight excluding hydrogens is 451 g/mol. The molecule has 2 fully saturated rings. The summed E-state index contributed by atoms with van der Waals surface area (Å²) in [6.45, 7) is 0. The first-order chi connectivity index (χ1) is 16.7. The van der Waals surface area contributed by atoms with E-state index in [-0.39, 0.29) is 29.7 Å². The minimum Gasteiger partial charge on any atom is -0.481 e. The number of nitrogens with one attached hydrogen (secondary N) is 1. The van der Waals surface area contributed by atoms with Crippen molar-refractivity contribution in [3.05, 3.63) is 65.5 Å². The molecule has 0 spiro atoms. The number of carboxylic acids is 2. The van der Waals surface area contributed by atoms with Crippen LogP contribution in [0.2, 0.25) is 0 Å². The monoisotopic (exact) mass is 480 g/mol. The highest BCUT2D eigenvalue weighted by atomic mass is 19.1. The Balaban J connectivity index is 0.000000203. The van der Waals surface area contributed by atoms with Crippen LogP contribution < -0.4 is 11.1 Å². The first-order valence-corrected chi connectivity index (χ1v) is 11.3. The van der Waals surface area contributed by atoms with E-state index in [2.05, 4.69) is 11.4 Å². The molecule has 0 saturated heterocycles. The van der Waals surface area contributed by atoms with E-state index in [1.165, 1.54) is 24.3 Å². The number of nitrogens with two attached hydrogens (primary N) is 1. The summed E-state index contributed by atoms with van der Waals surface area (Å²) in [4.78, 5) is 21.1. The number of halogens is 1. The number of benzene rings is 2. The minimum absolute atomic E-state index is 0.131. The second kappa shape index (κ2) is 13.7. The molecule has 0 aliphatic heterocycles. The Kier molecular flexibility index (Phi) is 10.7. The molecule has 8 nitrogen and oxygen atoms in total. The van der Waals surface area contributed by atoms with Crippen LogP contribution in [0, 0.1) is 40.3 Å². The van der Waals surface area contributed by atoms with Gasteiger partial charge in [-0.15, -0.1) is 0 Å². The zero-order chi connectivity index (χ0) is 25.8. The van der Waals surface area contributed by atoms with Crippen LogP contribution in [-0.2, 0) is 9.59 Å². The highest BCUT2D eigenvalue weighted by Crippen LogP contribution is 2.28. The summed E-state index contributed by atoms with van der Waals surface area (Å²) >= 11 is 0. The van der Waals surface area contributed by atoms with Crippen molar-refractivity contribution in [3.63, 3.8) is 0 Å². The Morgan fingerprint density at radius 1 is 0.829 bits per heavy atom. The first kappa shape index (κ1) is 27.3. The molecular formula is C26H29FN4O4. The molecule has 0 unspecified atom stereocenters. The van der Waals surface area contributed by atoms with Crippen molar-refractivity contribution in [1.82, 2.24) is 0 Å². The lowest BCUT2D eigenvalue weighted by Gasteiger charge is -2.13. The topological polar surface area (TPSA) is 160 Å². The molecule has 4 rings (SSSR count). The van der Waals surface area contributed by atoms with E-state index in [4.69, 9.17) is 26.5 Å². The lowest BCUT2D eigenvalue weighted by Crippen LogP contribution is -2.17. The molecule has 0 bridgehead atoms. The number of hydrogen-bond acceptors (Lipinski definition) is 6. The SMILES string of the molecule is N#Cc1ccc(F)cc1.N#Cc1ccc(N[C@@H]2CC[C@H](C(=O)O)C2)cc1.N[C@H]1CC[C@@H](C(=O)O)C1. The van der Waals surface area contributed by atoms with Crippen molar-refractivity contribution in [2.24, 2.45) is 17.6 Å². The van der Waals surface area contributed by atoms with Crippen molar-refractivity contribution in [2.45, 2.75) is 50.6 Å². The van der Waals surface area contributed by atoms with Gasteiger partial charge in [0.1, 0.15) is 5.82 Å². The molecule has 184 valence electrons. The molecule has 0 heterocycles. The number of carbonyl (C=O) groups is 2. The van der Waals surface area contributed by atoms with Crippen molar-refractivity contribution in [2.75, 3.05) is 5.32 Å². The van der Waals surface area contributed by atoms with Gasteiger partial charge in [0.25, 0.3) is 0 Å². The van der Waals surface area contributed by atoms with Crippen LogP contribution in [0.1, 0.15) is 49.7 Å². The lowest BCUT2D eigenvalue weighted by atomic mass is 10.1. The van der Waals surface area contributed by atoms with Gasteiger partial charge in [0.05, 0.1) is 35.1 Å². The Morgan fingerprint density at radius 2 is 1.31 bits per heavy atom. The smallest absolute Gasteiger partial charge is 0.306 e. The van der Waals surface area contributed by atoms with Crippen LogP contribution >= 0.6 is 0 Å². The molecule has 2 aliphatic rings. The lowest BCUT2D eigenvalue weighted by molar-refractivity contribution is -0.142. The Labute approximate surface area is 203 Å². The summed E-state index contributed by atoms with van der Waals surface area (Å²) in [6.07, 6.45) is 4.60. The standard InChI is InChI=1S/C13H14N2O2.C7H4FN.C6H11NO2/c14-8-9-1-4-11(5-2-9)15-12-6-3-10(7-12)13(16)17;8-7-3-1-6(5-9)2-4-7;7-5-2-1-4(3-5)6(8)9/h1-2,4-5,10,12,15H,3,6-7H2,(H,16,17);1-4H;4-5H,1-3,7H2,(H,8,9)/t10-,12+;;4-,5+/m0.1/s1. The fourth-order valence-corrected chi connectivity index (χ4v) is 3.98. The van der Waals surface area contributed by atoms with Crippen LogP contribution in [0.15, 0.2) is 48.5 Å². The van der Waals surface area contributed by atoms with Gasteiger partial charge in [-0.25, -0.2) is 4.39 Å². The number of nitrogens with zero attached hydrogens (tertiary/aromatic N) is 2. The minimum atomic E-state index is -0.700. The summed E-state index contributed by atoms with van der Waals surface area (Å²) in [7, 11) is 0. The molecule has 35 heavy (non-hydrogen) atoms. The Hall–Kier alpha value is -3.95. The average Bonchev–Trinajstić information content (AvgIpc) is 3.50. The summed E-state index contributed by atoms with van der Waals surface area (Å²) in [5, 5.41) is 37.6. The van der Waals surface area contributed by atoms with E-state index >= 15 is 0 Å².